The lowest BCUT2D eigenvalue weighted by atomic mass is 10.1. The smallest absolute Gasteiger partial charge is 0.132 e. The zero-order valence-electron chi connectivity index (χ0n) is 10.1. The van der Waals surface area contributed by atoms with Crippen LogP contribution < -0.4 is 10.5 Å². The second-order valence-electron chi connectivity index (χ2n) is 3.70. The van der Waals surface area contributed by atoms with Crippen molar-refractivity contribution >= 4 is 23.4 Å². The Bertz CT molecular complexity index is 441. The first-order valence-electron chi connectivity index (χ1n) is 5.23. The number of nitrogens with zero attached hydrogens (tertiary/aromatic N) is 2. The highest BCUT2D eigenvalue weighted by Crippen LogP contribution is 2.26. The zero-order valence-corrected chi connectivity index (χ0v) is 10.9. The molecule has 1 heterocycles. The number of allylic oxidation sites excluding steroid dienone is 1. The van der Waals surface area contributed by atoms with Gasteiger partial charge in [0, 0.05) is 41.9 Å². The summed E-state index contributed by atoms with van der Waals surface area (Å²) in [5.74, 6) is 0.622. The van der Waals surface area contributed by atoms with Crippen molar-refractivity contribution in [3.05, 3.63) is 29.2 Å². The number of aromatic nitrogens is 1. The number of hydrogen-bond donors (Lipinski definition) is 1. The Balaban J connectivity index is 3.13. The fourth-order valence-electron chi connectivity index (χ4n) is 1.23. The van der Waals surface area contributed by atoms with E-state index in [9.17, 15) is 0 Å². The molecule has 0 spiro atoms. The molecule has 2 N–H and O–H groups in total. The first-order chi connectivity index (χ1) is 8.08. The second kappa shape index (κ2) is 6.25. The van der Waals surface area contributed by atoms with E-state index in [0.29, 0.717) is 10.9 Å². The number of hydrogen-bond acceptors (Lipinski definition) is 4. The maximum absolute atomic E-state index is 5.80. The normalized spacial score (nSPS) is 12.4. The molecule has 1 rings (SSSR count). The molecule has 0 amide bonds. The summed E-state index contributed by atoms with van der Waals surface area (Å²) < 4.78 is 5.23. The average Bonchev–Trinajstić information content (AvgIpc) is 2.30. The molecular weight excluding hydrogens is 238 g/mol. The van der Waals surface area contributed by atoms with Gasteiger partial charge in [-0.05, 0) is 13.8 Å². The van der Waals surface area contributed by atoms with E-state index in [2.05, 4.69) is 9.98 Å². The number of nitrogens with two attached hydrogens (primary N) is 1. The van der Waals surface area contributed by atoms with Crippen molar-refractivity contribution in [2.24, 2.45) is 10.7 Å². The lowest BCUT2D eigenvalue weighted by Gasteiger charge is -2.08. The molecule has 0 saturated heterocycles. The highest BCUT2D eigenvalue weighted by atomic mass is 35.5. The van der Waals surface area contributed by atoms with Crippen LogP contribution in [0.1, 0.15) is 19.4 Å². The maximum atomic E-state index is 5.80. The predicted octanol–water partition coefficient (Wildman–Crippen LogP) is 2.52. The summed E-state index contributed by atoms with van der Waals surface area (Å²) in [7, 11) is 1.57. The van der Waals surface area contributed by atoms with Crippen LogP contribution in [0.3, 0.4) is 0 Å². The van der Waals surface area contributed by atoms with E-state index in [0.717, 1.165) is 11.1 Å². The summed E-state index contributed by atoms with van der Waals surface area (Å²) in [5.41, 5.74) is 7.10. The van der Waals surface area contributed by atoms with E-state index in [1.54, 1.807) is 25.6 Å². The minimum atomic E-state index is 0.205. The molecule has 0 aromatic carbocycles. The van der Waals surface area contributed by atoms with Crippen LogP contribution in [0.4, 0.5) is 0 Å². The largest absolute Gasteiger partial charge is 0.496 e. The average molecular weight is 254 g/mol. The van der Waals surface area contributed by atoms with Crippen LogP contribution >= 0.6 is 11.6 Å². The van der Waals surface area contributed by atoms with Crippen LogP contribution in [0.15, 0.2) is 23.5 Å². The number of pyridine rings is 1. The fourth-order valence-corrected chi connectivity index (χ4v) is 1.38. The SMILES string of the molecule is COc1cc(Cl)ncc1/C(C=NC(C)C)=C/N. The monoisotopic (exact) mass is 253 g/mol. The molecule has 0 bridgehead atoms. The van der Waals surface area contributed by atoms with Crippen molar-refractivity contribution in [3.8, 4) is 5.75 Å². The van der Waals surface area contributed by atoms with Crippen LogP contribution in [0, 0.1) is 0 Å². The third-order valence-corrected chi connectivity index (χ3v) is 2.26. The highest BCUT2D eigenvalue weighted by Gasteiger charge is 2.08. The molecular formula is C12H16ClN3O. The first-order valence-corrected chi connectivity index (χ1v) is 5.61. The molecule has 4 nitrogen and oxygen atoms in total. The van der Waals surface area contributed by atoms with Gasteiger partial charge < -0.3 is 10.5 Å². The van der Waals surface area contributed by atoms with Crippen LogP contribution in [0.2, 0.25) is 5.15 Å². The molecule has 0 unspecified atom stereocenters. The fraction of sp³-hybridized carbons (Fsp3) is 0.333. The summed E-state index contributed by atoms with van der Waals surface area (Å²) in [6.45, 7) is 3.98. The van der Waals surface area contributed by atoms with E-state index >= 15 is 0 Å². The summed E-state index contributed by atoms with van der Waals surface area (Å²) >= 11 is 5.80. The van der Waals surface area contributed by atoms with Crippen LogP contribution in [0.25, 0.3) is 5.57 Å². The van der Waals surface area contributed by atoms with Crippen molar-refractivity contribution < 1.29 is 4.74 Å². The quantitative estimate of drug-likeness (QED) is 0.663. The molecule has 0 atom stereocenters. The number of aliphatic imine (C=N–C) groups is 1. The standard InChI is InChI=1S/C12H16ClN3O/c1-8(2)15-6-9(5-14)10-7-16-12(13)4-11(10)17-3/h4-8H,14H2,1-3H3/b9-5+,15-6?. The van der Waals surface area contributed by atoms with E-state index in [4.69, 9.17) is 22.1 Å². The van der Waals surface area contributed by atoms with Gasteiger partial charge >= 0.3 is 0 Å². The molecule has 0 aliphatic rings. The highest BCUT2D eigenvalue weighted by molar-refractivity contribution is 6.29. The van der Waals surface area contributed by atoms with Gasteiger partial charge in [0.15, 0.2) is 0 Å². The van der Waals surface area contributed by atoms with Crippen LogP contribution in [0.5, 0.6) is 5.75 Å². The summed E-state index contributed by atoms with van der Waals surface area (Å²) in [4.78, 5) is 8.29. The number of methoxy groups -OCH3 is 1. The molecule has 0 fully saturated rings. The Morgan fingerprint density at radius 3 is 2.82 bits per heavy atom. The molecule has 17 heavy (non-hydrogen) atoms. The van der Waals surface area contributed by atoms with E-state index in [1.165, 1.54) is 6.20 Å². The van der Waals surface area contributed by atoms with Gasteiger partial charge in [-0.3, -0.25) is 4.99 Å². The zero-order chi connectivity index (χ0) is 12.8. The summed E-state index contributed by atoms with van der Waals surface area (Å²) in [5, 5.41) is 0.378. The van der Waals surface area contributed by atoms with Crippen molar-refractivity contribution in [1.82, 2.24) is 4.98 Å². The molecule has 0 radical (unpaired) electrons. The summed E-state index contributed by atoms with van der Waals surface area (Å²) in [6, 6.07) is 1.85. The predicted molar refractivity (Wildman–Crippen MR) is 71.6 cm³/mol. The Morgan fingerprint density at radius 2 is 2.29 bits per heavy atom. The molecule has 1 aromatic heterocycles. The van der Waals surface area contributed by atoms with Gasteiger partial charge in [0.1, 0.15) is 10.9 Å². The number of ether oxygens (including phenoxy) is 1. The molecule has 0 saturated carbocycles. The lowest BCUT2D eigenvalue weighted by molar-refractivity contribution is 0.413. The topological polar surface area (TPSA) is 60.5 Å². The molecule has 0 aliphatic heterocycles. The van der Waals surface area contributed by atoms with Gasteiger partial charge in [-0.2, -0.15) is 0 Å². The second-order valence-corrected chi connectivity index (χ2v) is 4.09. The van der Waals surface area contributed by atoms with E-state index in [-0.39, 0.29) is 6.04 Å². The van der Waals surface area contributed by atoms with Gasteiger partial charge in [0.05, 0.1) is 7.11 Å². The Labute approximate surface area is 106 Å². The lowest BCUT2D eigenvalue weighted by Crippen LogP contribution is -1.99. The maximum Gasteiger partial charge on any atom is 0.132 e. The van der Waals surface area contributed by atoms with Crippen molar-refractivity contribution in [1.29, 1.82) is 0 Å². The van der Waals surface area contributed by atoms with Crippen molar-refractivity contribution in [2.75, 3.05) is 7.11 Å². The van der Waals surface area contributed by atoms with Crippen LogP contribution in [-0.2, 0) is 0 Å². The van der Waals surface area contributed by atoms with Gasteiger partial charge in [-0.25, -0.2) is 4.98 Å². The van der Waals surface area contributed by atoms with Crippen LogP contribution in [-0.4, -0.2) is 24.4 Å². The minimum Gasteiger partial charge on any atom is -0.496 e. The van der Waals surface area contributed by atoms with Gasteiger partial charge in [-0.15, -0.1) is 0 Å². The minimum absolute atomic E-state index is 0.205. The van der Waals surface area contributed by atoms with E-state index in [1.807, 2.05) is 13.8 Å². The Hall–Kier alpha value is -1.55. The summed E-state index contributed by atoms with van der Waals surface area (Å²) in [6.07, 6.45) is 4.80. The van der Waals surface area contributed by atoms with Gasteiger partial charge in [-0.1, -0.05) is 11.6 Å². The molecule has 1 aromatic rings. The Morgan fingerprint density at radius 1 is 1.59 bits per heavy atom. The van der Waals surface area contributed by atoms with Gasteiger partial charge in [0.2, 0.25) is 0 Å². The third kappa shape index (κ3) is 3.75. The number of rotatable bonds is 4. The third-order valence-electron chi connectivity index (χ3n) is 2.05. The van der Waals surface area contributed by atoms with E-state index < -0.39 is 0 Å². The molecule has 0 aliphatic carbocycles. The molecule has 5 heteroatoms. The van der Waals surface area contributed by atoms with Crippen molar-refractivity contribution in [2.45, 2.75) is 19.9 Å². The first kappa shape index (κ1) is 13.5. The Kier molecular flexibility index (Phi) is 4.97. The molecule has 92 valence electrons. The van der Waals surface area contributed by atoms with Crippen molar-refractivity contribution in [3.63, 3.8) is 0 Å². The van der Waals surface area contributed by atoms with Gasteiger partial charge in [0.25, 0.3) is 0 Å². The number of halogens is 1.